The summed E-state index contributed by atoms with van der Waals surface area (Å²) in [7, 11) is 2.15. The molecule has 2 N–H and O–H groups in total. The molecule has 0 unspecified atom stereocenters. The molecule has 23 heavy (non-hydrogen) atoms. The Morgan fingerprint density at radius 3 is 2.83 bits per heavy atom. The van der Waals surface area contributed by atoms with Crippen molar-refractivity contribution in [2.45, 2.75) is 25.8 Å². The van der Waals surface area contributed by atoms with E-state index in [1.54, 1.807) is 6.07 Å². The summed E-state index contributed by atoms with van der Waals surface area (Å²) in [5.41, 5.74) is 5.40. The average molecular weight is 311 g/mol. The van der Waals surface area contributed by atoms with Crippen LogP contribution in [0.5, 0.6) is 17.2 Å². The number of rotatable bonds is 2. The van der Waals surface area contributed by atoms with E-state index in [4.69, 9.17) is 4.74 Å². The van der Waals surface area contributed by atoms with Gasteiger partial charge in [0.05, 0.1) is 6.61 Å². The number of hydrogen-bond acceptors (Lipinski definition) is 4. The quantitative estimate of drug-likeness (QED) is 0.836. The number of ether oxygens (including phenoxy) is 1. The number of hydrogen-bond donors (Lipinski definition) is 2. The van der Waals surface area contributed by atoms with Gasteiger partial charge < -0.3 is 14.9 Å². The van der Waals surface area contributed by atoms with Gasteiger partial charge in [-0.15, -0.1) is 0 Å². The lowest BCUT2D eigenvalue weighted by Crippen LogP contribution is -2.35. The van der Waals surface area contributed by atoms with Crippen molar-refractivity contribution >= 4 is 0 Å². The number of phenols is 2. The second kappa shape index (κ2) is 5.17. The summed E-state index contributed by atoms with van der Waals surface area (Å²) in [4.78, 5) is 2.37. The van der Waals surface area contributed by atoms with Gasteiger partial charge in [-0.05, 0) is 67.3 Å². The summed E-state index contributed by atoms with van der Waals surface area (Å²) < 4.78 is 5.73. The highest BCUT2D eigenvalue weighted by Crippen LogP contribution is 2.51. The fourth-order valence-electron chi connectivity index (χ4n) is 3.97. The number of fused-ring (bicyclic) bond motifs is 2. The highest BCUT2D eigenvalue weighted by Gasteiger charge is 2.35. The Morgan fingerprint density at radius 1 is 1.22 bits per heavy atom. The van der Waals surface area contributed by atoms with Crippen LogP contribution in [0, 0.1) is 0 Å². The summed E-state index contributed by atoms with van der Waals surface area (Å²) in [6.45, 7) is 3.60. The van der Waals surface area contributed by atoms with Gasteiger partial charge in [0.2, 0.25) is 0 Å². The Hall–Kier alpha value is -2.20. The molecule has 0 spiro atoms. The van der Waals surface area contributed by atoms with Crippen molar-refractivity contribution < 1.29 is 14.9 Å². The zero-order valence-electron chi connectivity index (χ0n) is 13.5. The predicted molar refractivity (Wildman–Crippen MR) is 89.2 cm³/mol. The molecule has 1 aliphatic carbocycles. The molecule has 1 aliphatic heterocycles. The van der Waals surface area contributed by atoms with Gasteiger partial charge in [-0.25, -0.2) is 0 Å². The Bertz CT molecular complexity index is 785. The molecule has 0 radical (unpaired) electrons. The average Bonchev–Trinajstić information content (AvgIpc) is 2.54. The van der Waals surface area contributed by atoms with Crippen LogP contribution in [0.15, 0.2) is 24.3 Å². The normalized spacial score (nSPS) is 19.1. The summed E-state index contributed by atoms with van der Waals surface area (Å²) in [5, 5.41) is 20.4. The molecule has 0 aromatic heterocycles. The minimum absolute atomic E-state index is 0.0231. The largest absolute Gasteiger partial charge is 0.504 e. The lowest BCUT2D eigenvalue weighted by Gasteiger charge is -2.40. The Morgan fingerprint density at radius 2 is 2.04 bits per heavy atom. The number of benzene rings is 2. The molecule has 1 atom stereocenters. The summed E-state index contributed by atoms with van der Waals surface area (Å²) in [6, 6.07) is 7.96. The van der Waals surface area contributed by atoms with E-state index in [9.17, 15) is 10.2 Å². The maximum absolute atomic E-state index is 10.4. The minimum Gasteiger partial charge on any atom is -0.504 e. The maximum atomic E-state index is 10.4. The van der Waals surface area contributed by atoms with Gasteiger partial charge in [0, 0.05) is 18.2 Å². The van der Waals surface area contributed by atoms with Crippen LogP contribution in [0.3, 0.4) is 0 Å². The van der Waals surface area contributed by atoms with Gasteiger partial charge in [0.15, 0.2) is 11.5 Å². The Kier molecular flexibility index (Phi) is 3.23. The van der Waals surface area contributed by atoms with E-state index in [1.165, 1.54) is 11.1 Å². The van der Waals surface area contributed by atoms with E-state index in [0.717, 1.165) is 41.8 Å². The van der Waals surface area contributed by atoms with Crippen LogP contribution in [0.25, 0.3) is 11.1 Å². The van der Waals surface area contributed by atoms with E-state index < -0.39 is 0 Å². The highest BCUT2D eigenvalue weighted by atomic mass is 16.5. The standard InChI is InChI=1S/C19H21NO3/c1-3-23-13-8-12-6-7-20(2)15-9-11-4-5-16(21)19(22)18(11)14(10-13)17(12)15/h4-5,8,10,15,21-22H,3,6-7,9H2,1-2H3/t15-/m1/s1. The second-order valence-corrected chi connectivity index (χ2v) is 6.39. The van der Waals surface area contributed by atoms with Gasteiger partial charge in [0.1, 0.15) is 5.75 Å². The van der Waals surface area contributed by atoms with Gasteiger partial charge in [-0.2, -0.15) is 0 Å². The number of aromatic hydroxyl groups is 2. The fourth-order valence-corrected chi connectivity index (χ4v) is 3.97. The topological polar surface area (TPSA) is 52.9 Å². The van der Waals surface area contributed by atoms with E-state index in [1.807, 2.05) is 19.1 Å². The molecule has 4 nitrogen and oxygen atoms in total. The third-order valence-corrected chi connectivity index (χ3v) is 5.07. The van der Waals surface area contributed by atoms with Gasteiger partial charge in [0.25, 0.3) is 0 Å². The monoisotopic (exact) mass is 311 g/mol. The van der Waals surface area contributed by atoms with Crippen molar-refractivity contribution in [2.24, 2.45) is 0 Å². The molecule has 0 fully saturated rings. The molecule has 2 aromatic rings. The molecule has 4 rings (SSSR count). The molecule has 4 heteroatoms. The van der Waals surface area contributed by atoms with Crippen molar-refractivity contribution in [1.82, 2.24) is 4.90 Å². The van der Waals surface area contributed by atoms with Crippen LogP contribution in [0.1, 0.15) is 29.7 Å². The smallest absolute Gasteiger partial charge is 0.165 e. The molecule has 0 saturated heterocycles. The molecule has 0 amide bonds. The number of phenolic OH excluding ortho intramolecular Hbond substituents is 2. The fraction of sp³-hybridized carbons (Fsp3) is 0.368. The van der Waals surface area contributed by atoms with Crippen molar-refractivity contribution in [3.63, 3.8) is 0 Å². The first-order chi connectivity index (χ1) is 11.1. The number of nitrogens with zero attached hydrogens (tertiary/aromatic N) is 1. The van der Waals surface area contributed by atoms with Crippen LogP contribution < -0.4 is 4.74 Å². The van der Waals surface area contributed by atoms with Crippen molar-refractivity contribution in [3.8, 4) is 28.4 Å². The molecular formula is C19H21NO3. The van der Waals surface area contributed by atoms with Crippen molar-refractivity contribution in [1.29, 1.82) is 0 Å². The summed E-state index contributed by atoms with van der Waals surface area (Å²) >= 11 is 0. The predicted octanol–water partition coefficient (Wildman–Crippen LogP) is 3.25. The van der Waals surface area contributed by atoms with E-state index in [0.29, 0.717) is 12.6 Å². The lowest BCUT2D eigenvalue weighted by molar-refractivity contribution is 0.227. The molecule has 1 heterocycles. The molecule has 120 valence electrons. The second-order valence-electron chi connectivity index (χ2n) is 6.39. The Labute approximate surface area is 135 Å². The summed E-state index contributed by atoms with van der Waals surface area (Å²) in [5.74, 6) is 0.743. The van der Waals surface area contributed by atoms with Crippen molar-refractivity contribution in [2.75, 3.05) is 20.2 Å². The molecule has 0 saturated carbocycles. The van der Waals surface area contributed by atoms with E-state index in [-0.39, 0.29) is 11.5 Å². The molecule has 2 aliphatic rings. The molecule has 2 aromatic carbocycles. The lowest BCUT2D eigenvalue weighted by atomic mass is 9.76. The number of likely N-dealkylation sites (N-methyl/N-ethyl adjacent to an activating group) is 1. The van der Waals surface area contributed by atoms with Crippen molar-refractivity contribution in [3.05, 3.63) is 41.0 Å². The maximum Gasteiger partial charge on any atom is 0.165 e. The minimum atomic E-state index is -0.0677. The van der Waals surface area contributed by atoms with Crippen LogP contribution in [-0.2, 0) is 12.8 Å². The highest BCUT2D eigenvalue weighted by molar-refractivity contribution is 5.83. The van der Waals surface area contributed by atoms with Gasteiger partial charge >= 0.3 is 0 Å². The van der Waals surface area contributed by atoms with Crippen LogP contribution >= 0.6 is 0 Å². The third-order valence-electron chi connectivity index (χ3n) is 5.07. The van der Waals surface area contributed by atoms with Crippen LogP contribution in [-0.4, -0.2) is 35.3 Å². The summed E-state index contributed by atoms with van der Waals surface area (Å²) in [6.07, 6.45) is 1.83. The Balaban J connectivity index is 2.02. The SMILES string of the molecule is CCOc1cc2c3c(c1)-c1c(ccc(O)c1O)C[C@H]3N(C)CC2. The van der Waals surface area contributed by atoms with Gasteiger partial charge in [-0.1, -0.05) is 6.07 Å². The zero-order chi connectivity index (χ0) is 16.1. The van der Waals surface area contributed by atoms with E-state index >= 15 is 0 Å². The first-order valence-corrected chi connectivity index (χ1v) is 8.14. The van der Waals surface area contributed by atoms with Crippen LogP contribution in [0.2, 0.25) is 0 Å². The van der Waals surface area contributed by atoms with E-state index in [2.05, 4.69) is 18.0 Å². The van der Waals surface area contributed by atoms with Gasteiger partial charge in [-0.3, -0.25) is 4.90 Å². The zero-order valence-corrected chi connectivity index (χ0v) is 13.5. The molecular weight excluding hydrogens is 290 g/mol. The first-order valence-electron chi connectivity index (χ1n) is 8.14. The third kappa shape index (κ3) is 2.09. The molecule has 0 bridgehead atoms. The van der Waals surface area contributed by atoms with Crippen LogP contribution in [0.4, 0.5) is 0 Å². The first kappa shape index (κ1) is 14.4.